The number of aromatic nitrogens is 1. The number of amides is 1. The van der Waals surface area contributed by atoms with E-state index in [1.54, 1.807) is 13.3 Å². The summed E-state index contributed by atoms with van der Waals surface area (Å²) in [6, 6.07) is 9.89. The van der Waals surface area contributed by atoms with Gasteiger partial charge in [-0.25, -0.2) is 0 Å². The molecule has 0 unspecified atom stereocenters. The highest BCUT2D eigenvalue weighted by Crippen LogP contribution is 2.63. The summed E-state index contributed by atoms with van der Waals surface area (Å²) in [4.78, 5) is 22.3. The predicted molar refractivity (Wildman–Crippen MR) is 130 cm³/mol. The average molecular weight is 476 g/mol. The van der Waals surface area contributed by atoms with E-state index in [0.29, 0.717) is 19.5 Å². The fourth-order valence-electron chi connectivity index (χ4n) is 7.55. The highest BCUT2D eigenvalue weighted by atomic mass is 16.5. The van der Waals surface area contributed by atoms with Crippen molar-refractivity contribution in [1.82, 2.24) is 14.8 Å². The SMILES string of the molecule is COc1ccc2c3c1O[C@H]1CN(C(=O)Cc4ccccn4)CC[C@@]4(O)[C@@H](C2)N(CC2CC2)CC[C@]314. The lowest BCUT2D eigenvalue weighted by Gasteiger charge is -2.60. The van der Waals surface area contributed by atoms with Gasteiger partial charge in [0.25, 0.3) is 0 Å². The predicted octanol–water partition coefficient (Wildman–Crippen LogP) is 2.34. The number of likely N-dealkylation sites (tertiary alicyclic amines) is 2. The molecule has 4 atom stereocenters. The standard InChI is InChI=1S/C28H33N3O4/c1-34-21-8-7-19-14-22-28(33)10-13-31(24(32)15-20-4-2-3-11-29-20)17-23-27(28,25(19)26(21)35-23)9-12-30(22)16-18-5-6-18/h2-4,7-8,11,18,22-23,33H,5-6,9-10,12-17H2,1H3/t22-,23+,27-,28-/m1/s1. The molecule has 2 aliphatic carbocycles. The molecule has 1 spiro atoms. The molecule has 3 aliphatic heterocycles. The smallest absolute Gasteiger partial charge is 0.228 e. The van der Waals surface area contributed by atoms with Crippen molar-refractivity contribution < 1.29 is 19.4 Å². The summed E-state index contributed by atoms with van der Waals surface area (Å²) < 4.78 is 12.4. The second-order valence-electron chi connectivity index (χ2n) is 11.1. The first-order valence-electron chi connectivity index (χ1n) is 13.0. The van der Waals surface area contributed by atoms with Gasteiger partial charge >= 0.3 is 0 Å². The number of methoxy groups -OCH3 is 1. The number of benzene rings is 1. The van der Waals surface area contributed by atoms with E-state index in [9.17, 15) is 9.90 Å². The average Bonchev–Trinajstić information content (AvgIpc) is 3.63. The zero-order valence-electron chi connectivity index (χ0n) is 20.3. The van der Waals surface area contributed by atoms with Crippen molar-refractivity contribution in [3.05, 3.63) is 53.3 Å². The molecule has 1 aromatic heterocycles. The molecule has 2 aromatic rings. The molecule has 0 radical (unpaired) electrons. The minimum absolute atomic E-state index is 0.0403. The topological polar surface area (TPSA) is 75.1 Å². The molecule has 1 amide bonds. The normalized spacial score (nSPS) is 33.0. The van der Waals surface area contributed by atoms with E-state index in [-0.39, 0.29) is 24.5 Å². The van der Waals surface area contributed by atoms with Crippen molar-refractivity contribution in [3.8, 4) is 11.5 Å². The quantitative estimate of drug-likeness (QED) is 0.716. The number of carbonyl (C=O) groups excluding carboxylic acids is 1. The Morgan fingerprint density at radius 3 is 2.89 bits per heavy atom. The van der Waals surface area contributed by atoms with Crippen LogP contribution in [0.4, 0.5) is 0 Å². The Bertz CT molecular complexity index is 1170. The molecule has 1 N–H and O–H groups in total. The number of ether oxygens (including phenoxy) is 2. The minimum Gasteiger partial charge on any atom is -0.493 e. The second kappa shape index (κ2) is 7.68. The van der Waals surface area contributed by atoms with Crippen LogP contribution < -0.4 is 9.47 Å². The highest BCUT2D eigenvalue weighted by molar-refractivity contribution is 5.78. The molecule has 7 rings (SSSR count). The Morgan fingerprint density at radius 2 is 2.11 bits per heavy atom. The molecule has 35 heavy (non-hydrogen) atoms. The van der Waals surface area contributed by atoms with Crippen LogP contribution >= 0.6 is 0 Å². The second-order valence-corrected chi connectivity index (χ2v) is 11.1. The molecule has 5 aliphatic rings. The summed E-state index contributed by atoms with van der Waals surface area (Å²) in [6.45, 7) is 3.03. The van der Waals surface area contributed by atoms with Gasteiger partial charge in [-0.3, -0.25) is 14.7 Å². The third-order valence-electron chi connectivity index (χ3n) is 9.40. The number of hydrogen-bond donors (Lipinski definition) is 1. The lowest BCUT2D eigenvalue weighted by Crippen LogP contribution is -2.74. The van der Waals surface area contributed by atoms with Crippen LogP contribution in [-0.2, 0) is 23.1 Å². The van der Waals surface area contributed by atoms with E-state index < -0.39 is 11.0 Å². The summed E-state index contributed by atoms with van der Waals surface area (Å²) in [5.41, 5.74) is 1.72. The number of hydrogen-bond acceptors (Lipinski definition) is 6. The third-order valence-corrected chi connectivity index (χ3v) is 9.40. The highest BCUT2D eigenvalue weighted by Gasteiger charge is 2.71. The van der Waals surface area contributed by atoms with Crippen molar-refractivity contribution in [2.75, 3.05) is 33.3 Å². The Morgan fingerprint density at radius 1 is 1.23 bits per heavy atom. The summed E-state index contributed by atoms with van der Waals surface area (Å²) in [5, 5.41) is 12.7. The maximum absolute atomic E-state index is 13.4. The van der Waals surface area contributed by atoms with Crippen LogP contribution in [0.25, 0.3) is 0 Å². The van der Waals surface area contributed by atoms with Gasteiger partial charge in [0.2, 0.25) is 5.91 Å². The van der Waals surface area contributed by atoms with Crippen LogP contribution in [0.3, 0.4) is 0 Å². The van der Waals surface area contributed by atoms with Gasteiger partial charge in [-0.15, -0.1) is 0 Å². The van der Waals surface area contributed by atoms with Crippen LogP contribution in [0, 0.1) is 5.92 Å². The monoisotopic (exact) mass is 475 g/mol. The summed E-state index contributed by atoms with van der Waals surface area (Å²) in [5.74, 6) is 2.30. The lowest BCUT2D eigenvalue weighted by atomic mass is 9.52. The van der Waals surface area contributed by atoms with Crippen molar-refractivity contribution in [2.24, 2.45) is 5.92 Å². The number of carbonyl (C=O) groups is 1. The van der Waals surface area contributed by atoms with Crippen molar-refractivity contribution in [1.29, 1.82) is 0 Å². The number of aliphatic hydroxyl groups is 1. The zero-order chi connectivity index (χ0) is 23.8. The number of piperidine rings is 1. The van der Waals surface area contributed by atoms with E-state index in [2.05, 4.69) is 16.0 Å². The fraction of sp³-hybridized carbons (Fsp3) is 0.571. The van der Waals surface area contributed by atoms with Crippen LogP contribution in [0.2, 0.25) is 0 Å². The first-order valence-corrected chi connectivity index (χ1v) is 13.0. The molecule has 4 heterocycles. The molecule has 1 aromatic carbocycles. The van der Waals surface area contributed by atoms with Gasteiger partial charge in [0.15, 0.2) is 11.5 Å². The van der Waals surface area contributed by atoms with E-state index in [1.165, 1.54) is 18.4 Å². The summed E-state index contributed by atoms with van der Waals surface area (Å²) in [7, 11) is 1.67. The van der Waals surface area contributed by atoms with Gasteiger partial charge in [-0.1, -0.05) is 12.1 Å². The lowest BCUT2D eigenvalue weighted by molar-refractivity contribution is -0.162. The van der Waals surface area contributed by atoms with Gasteiger partial charge in [0, 0.05) is 36.6 Å². The van der Waals surface area contributed by atoms with Crippen molar-refractivity contribution >= 4 is 5.91 Å². The molecule has 2 saturated heterocycles. The zero-order valence-corrected chi connectivity index (χ0v) is 20.3. The van der Waals surface area contributed by atoms with Crippen molar-refractivity contribution in [2.45, 2.75) is 61.7 Å². The molecule has 7 heteroatoms. The summed E-state index contributed by atoms with van der Waals surface area (Å²) >= 11 is 0. The van der Waals surface area contributed by atoms with E-state index >= 15 is 0 Å². The maximum Gasteiger partial charge on any atom is 0.228 e. The first-order chi connectivity index (χ1) is 17.0. The fourth-order valence-corrected chi connectivity index (χ4v) is 7.55. The number of nitrogens with zero attached hydrogens (tertiary/aromatic N) is 3. The van der Waals surface area contributed by atoms with E-state index in [4.69, 9.17) is 9.47 Å². The van der Waals surface area contributed by atoms with Gasteiger partial charge in [0.1, 0.15) is 6.10 Å². The molecule has 2 bridgehead atoms. The molecule has 3 fully saturated rings. The Balaban J connectivity index is 1.30. The molecule has 7 nitrogen and oxygen atoms in total. The van der Waals surface area contributed by atoms with Crippen LogP contribution in [0.5, 0.6) is 11.5 Å². The number of rotatable bonds is 5. The van der Waals surface area contributed by atoms with Crippen LogP contribution in [0.15, 0.2) is 36.5 Å². The van der Waals surface area contributed by atoms with Gasteiger partial charge < -0.3 is 19.5 Å². The largest absolute Gasteiger partial charge is 0.493 e. The van der Waals surface area contributed by atoms with E-state index in [0.717, 1.165) is 54.6 Å². The van der Waals surface area contributed by atoms with E-state index in [1.807, 2.05) is 29.2 Å². The Labute approximate surface area is 206 Å². The minimum atomic E-state index is -0.949. The number of pyridine rings is 1. The van der Waals surface area contributed by atoms with Gasteiger partial charge in [-0.2, -0.15) is 0 Å². The third kappa shape index (κ3) is 3.04. The molecular formula is C28H33N3O4. The summed E-state index contributed by atoms with van der Waals surface area (Å²) in [6.07, 6.45) is 6.50. The van der Waals surface area contributed by atoms with Crippen LogP contribution in [-0.4, -0.2) is 76.8 Å². The van der Waals surface area contributed by atoms with Gasteiger partial charge in [-0.05, 0) is 68.3 Å². The maximum atomic E-state index is 13.4. The first kappa shape index (κ1) is 21.6. The molecule has 184 valence electrons. The van der Waals surface area contributed by atoms with Gasteiger partial charge in [0.05, 0.1) is 31.1 Å². The van der Waals surface area contributed by atoms with Crippen LogP contribution in [0.1, 0.15) is 42.5 Å². The molecule has 1 saturated carbocycles. The Hall–Kier alpha value is -2.64. The Kier molecular flexibility index (Phi) is 4.74. The molecular weight excluding hydrogens is 442 g/mol. The van der Waals surface area contributed by atoms with Crippen molar-refractivity contribution in [3.63, 3.8) is 0 Å².